The number of hydrogen-bond acceptors (Lipinski definition) is 7. The van der Waals surface area contributed by atoms with Gasteiger partial charge >= 0.3 is 0 Å². The fraction of sp³-hybridized carbons (Fsp3) is 0.513. The molecular weight excluding hydrogens is 646 g/mol. The minimum absolute atomic E-state index is 0.0495. The largest absolute Gasteiger partial charge is 0.361 e. The number of nitrogens with one attached hydrogen (secondary N) is 5. The fourth-order valence-corrected chi connectivity index (χ4v) is 6.49. The second-order valence-corrected chi connectivity index (χ2v) is 14.2. The summed E-state index contributed by atoms with van der Waals surface area (Å²) >= 11 is 0. The van der Waals surface area contributed by atoms with Crippen LogP contribution in [0.15, 0.2) is 60.8 Å². The maximum absolute atomic E-state index is 14.5. The first-order valence-electron chi connectivity index (χ1n) is 18.3. The quantitative estimate of drug-likeness (QED) is 0.0925. The van der Waals surface area contributed by atoms with Gasteiger partial charge in [0, 0.05) is 48.9 Å². The number of fused-ring (bicyclic) bond motifs is 1. The number of amides is 5. The van der Waals surface area contributed by atoms with E-state index in [1.165, 1.54) is 0 Å². The summed E-state index contributed by atoms with van der Waals surface area (Å²) in [6, 6.07) is 12.9. The molecule has 1 aromatic heterocycles. The van der Waals surface area contributed by atoms with E-state index in [0.29, 0.717) is 31.8 Å². The Morgan fingerprint density at radius 3 is 2.37 bits per heavy atom. The molecule has 12 nitrogen and oxygen atoms in total. The number of hydrogen-bond donors (Lipinski definition) is 6. The Labute approximate surface area is 301 Å². The summed E-state index contributed by atoms with van der Waals surface area (Å²) in [7, 11) is 0. The summed E-state index contributed by atoms with van der Waals surface area (Å²) in [6.07, 6.45) is 4.11. The highest BCUT2D eigenvalue weighted by molar-refractivity contribution is 6.05. The predicted octanol–water partition coefficient (Wildman–Crippen LogP) is 3.10. The highest BCUT2D eigenvalue weighted by atomic mass is 16.2. The highest BCUT2D eigenvalue weighted by Crippen LogP contribution is 2.22. The second kappa shape index (κ2) is 19.2. The molecule has 0 spiro atoms. The first kappa shape index (κ1) is 39.2. The van der Waals surface area contributed by atoms with E-state index in [-0.39, 0.29) is 50.0 Å². The molecule has 0 saturated carbocycles. The smallest absolute Gasteiger partial charge is 0.252 e. The molecule has 1 fully saturated rings. The molecule has 276 valence electrons. The number of nitrogens with two attached hydrogens (primary N) is 1. The molecule has 4 atom stereocenters. The van der Waals surface area contributed by atoms with Crippen molar-refractivity contribution < 1.29 is 24.0 Å². The Hall–Kier alpha value is -4.55. The molecular formula is C39H55N7O5. The SMILES string of the molecule is CC(C)CCNC(=O)[C@H](Cc1c[nH]c2ccccc12)NC(=O)[C@H](CCCCN)N1C(=O)CC[C@@H](NC(C)C)C(=O)N[C@H](Cc2ccccc2)C1=O. The Kier molecular flexibility index (Phi) is 14.7. The molecule has 0 unspecified atom stereocenters. The molecule has 3 aromatic rings. The Morgan fingerprint density at radius 2 is 1.67 bits per heavy atom. The van der Waals surface area contributed by atoms with Crippen molar-refractivity contribution in [2.75, 3.05) is 13.1 Å². The standard InChI is InChI=1S/C39H55N7O5/c1-25(2)19-21-41-36(48)32(23-28-24-42-30-15-9-8-14-29(28)30)44-38(50)34(16-10-11-20-40)46-35(47)18-17-31(43-26(3)4)37(49)45-33(39(46)51)22-27-12-6-5-7-13-27/h5-9,12-15,24-26,31-34,42-43H,10-11,16-23,40H2,1-4H3,(H,41,48)(H,44,50)(H,45,49)/t31-,32+,33-,34+/m1/s1. The van der Waals surface area contributed by atoms with Crippen molar-refractivity contribution in [3.05, 3.63) is 71.9 Å². The molecule has 2 aromatic carbocycles. The number of para-hydroxylation sites is 1. The van der Waals surface area contributed by atoms with Gasteiger partial charge in [-0.25, -0.2) is 0 Å². The van der Waals surface area contributed by atoms with E-state index in [1.54, 1.807) is 0 Å². The minimum atomic E-state index is -1.23. The van der Waals surface area contributed by atoms with Gasteiger partial charge in [-0.15, -0.1) is 0 Å². The van der Waals surface area contributed by atoms with E-state index >= 15 is 0 Å². The summed E-state index contributed by atoms with van der Waals surface area (Å²) in [6.45, 7) is 8.75. The number of nitrogens with zero attached hydrogens (tertiary/aromatic N) is 1. The van der Waals surface area contributed by atoms with Crippen LogP contribution in [0.2, 0.25) is 0 Å². The third kappa shape index (κ3) is 11.2. The number of unbranched alkanes of at least 4 members (excludes halogenated alkanes) is 1. The van der Waals surface area contributed by atoms with Gasteiger partial charge in [0.25, 0.3) is 5.91 Å². The molecule has 7 N–H and O–H groups in total. The van der Waals surface area contributed by atoms with E-state index < -0.39 is 41.9 Å². The average Bonchev–Trinajstić information content (AvgIpc) is 3.52. The molecule has 0 radical (unpaired) electrons. The van der Waals surface area contributed by atoms with Crippen molar-refractivity contribution in [1.82, 2.24) is 31.2 Å². The van der Waals surface area contributed by atoms with Crippen LogP contribution in [0.5, 0.6) is 0 Å². The molecule has 4 rings (SSSR count). The molecule has 1 saturated heterocycles. The van der Waals surface area contributed by atoms with E-state index in [9.17, 15) is 24.0 Å². The van der Waals surface area contributed by atoms with Crippen molar-refractivity contribution >= 4 is 40.4 Å². The van der Waals surface area contributed by atoms with Crippen LogP contribution in [-0.2, 0) is 36.8 Å². The van der Waals surface area contributed by atoms with Gasteiger partial charge in [0.15, 0.2) is 0 Å². The third-order valence-corrected chi connectivity index (χ3v) is 9.20. The highest BCUT2D eigenvalue weighted by Gasteiger charge is 2.41. The number of rotatable bonds is 17. The molecule has 0 aliphatic carbocycles. The number of benzene rings is 2. The molecule has 0 bridgehead atoms. The Morgan fingerprint density at radius 1 is 0.941 bits per heavy atom. The normalized spacial score (nSPS) is 18.3. The summed E-state index contributed by atoms with van der Waals surface area (Å²) in [5, 5.41) is 13.0. The lowest BCUT2D eigenvalue weighted by atomic mass is 10.00. The number of H-pyrrole nitrogens is 1. The summed E-state index contributed by atoms with van der Waals surface area (Å²) in [5.41, 5.74) is 8.36. The number of aromatic nitrogens is 1. The first-order chi connectivity index (χ1) is 24.5. The lowest BCUT2D eigenvalue weighted by molar-refractivity contribution is -0.154. The zero-order valence-electron chi connectivity index (χ0n) is 30.4. The van der Waals surface area contributed by atoms with Gasteiger partial charge < -0.3 is 32.0 Å². The van der Waals surface area contributed by atoms with E-state index in [2.05, 4.69) is 40.1 Å². The molecule has 12 heteroatoms. The van der Waals surface area contributed by atoms with Crippen LogP contribution >= 0.6 is 0 Å². The van der Waals surface area contributed by atoms with E-state index in [4.69, 9.17) is 5.73 Å². The molecule has 1 aliphatic rings. The third-order valence-electron chi connectivity index (χ3n) is 9.20. The van der Waals surface area contributed by atoms with E-state index in [1.807, 2.05) is 74.6 Å². The second-order valence-electron chi connectivity index (χ2n) is 14.2. The van der Waals surface area contributed by atoms with Gasteiger partial charge in [-0.05, 0) is 61.8 Å². The fourth-order valence-electron chi connectivity index (χ4n) is 6.49. The maximum atomic E-state index is 14.5. The Bertz CT molecular complexity index is 1620. The monoisotopic (exact) mass is 701 g/mol. The van der Waals surface area contributed by atoms with Crippen LogP contribution in [0, 0.1) is 5.92 Å². The predicted molar refractivity (Wildman–Crippen MR) is 198 cm³/mol. The zero-order valence-corrected chi connectivity index (χ0v) is 30.4. The van der Waals surface area contributed by atoms with Crippen molar-refractivity contribution in [2.24, 2.45) is 11.7 Å². The van der Waals surface area contributed by atoms with Crippen molar-refractivity contribution in [3.63, 3.8) is 0 Å². The van der Waals surface area contributed by atoms with Crippen molar-refractivity contribution in [2.45, 2.75) is 109 Å². The topological polar surface area (TPSA) is 179 Å². The maximum Gasteiger partial charge on any atom is 0.252 e. The zero-order chi connectivity index (χ0) is 36.9. The molecule has 2 heterocycles. The number of imide groups is 1. The van der Waals surface area contributed by atoms with Gasteiger partial charge in [-0.2, -0.15) is 0 Å². The number of aromatic amines is 1. The average molecular weight is 702 g/mol. The van der Waals surface area contributed by atoms with E-state index in [0.717, 1.165) is 33.4 Å². The van der Waals surface area contributed by atoms with Gasteiger partial charge in [0.2, 0.25) is 23.6 Å². The summed E-state index contributed by atoms with van der Waals surface area (Å²) < 4.78 is 0. The van der Waals surface area contributed by atoms with Crippen molar-refractivity contribution in [3.8, 4) is 0 Å². The summed E-state index contributed by atoms with van der Waals surface area (Å²) in [5.74, 6) is -2.19. The van der Waals surface area contributed by atoms with Crippen LogP contribution in [-0.4, -0.2) is 82.7 Å². The lowest BCUT2D eigenvalue weighted by Gasteiger charge is -2.33. The lowest BCUT2D eigenvalue weighted by Crippen LogP contribution is -2.60. The minimum Gasteiger partial charge on any atom is -0.361 e. The first-order valence-corrected chi connectivity index (χ1v) is 18.3. The van der Waals surface area contributed by atoms with Gasteiger partial charge in [0.1, 0.15) is 18.1 Å². The van der Waals surface area contributed by atoms with Gasteiger partial charge in [-0.1, -0.05) is 76.2 Å². The Balaban J connectivity index is 1.69. The number of carbonyl (C=O) groups excluding carboxylic acids is 5. The van der Waals surface area contributed by atoms with Gasteiger partial charge in [-0.3, -0.25) is 28.9 Å². The van der Waals surface area contributed by atoms with Gasteiger partial charge in [0.05, 0.1) is 6.04 Å². The van der Waals surface area contributed by atoms with Crippen molar-refractivity contribution in [1.29, 1.82) is 0 Å². The van der Waals surface area contributed by atoms with Crippen LogP contribution in [0.4, 0.5) is 0 Å². The van der Waals surface area contributed by atoms with Crippen LogP contribution in [0.3, 0.4) is 0 Å². The number of carbonyl (C=O) groups is 5. The molecule has 5 amide bonds. The summed E-state index contributed by atoms with van der Waals surface area (Å²) in [4.78, 5) is 74.6. The molecule has 51 heavy (non-hydrogen) atoms. The van der Waals surface area contributed by atoms with Crippen LogP contribution < -0.4 is 27.0 Å². The van der Waals surface area contributed by atoms with Crippen LogP contribution in [0.1, 0.15) is 77.3 Å². The molecule has 1 aliphatic heterocycles. The van der Waals surface area contributed by atoms with Crippen LogP contribution in [0.25, 0.3) is 10.9 Å².